The second-order valence-electron chi connectivity index (χ2n) is 8.10. The molecule has 0 bridgehead atoms. The van der Waals surface area contributed by atoms with E-state index in [0.29, 0.717) is 40.8 Å². The normalized spacial score (nSPS) is 17.1. The molecule has 1 unspecified atom stereocenters. The lowest BCUT2D eigenvalue weighted by molar-refractivity contribution is -0.123. The molecule has 0 radical (unpaired) electrons. The van der Waals surface area contributed by atoms with Gasteiger partial charge in [-0.2, -0.15) is 4.31 Å². The van der Waals surface area contributed by atoms with Gasteiger partial charge in [-0.25, -0.2) is 13.4 Å². The largest absolute Gasteiger partial charge is 0.467 e. The Balaban J connectivity index is 1.45. The predicted octanol–water partition coefficient (Wildman–Crippen LogP) is 5.18. The van der Waals surface area contributed by atoms with Crippen molar-refractivity contribution in [2.45, 2.75) is 24.3 Å². The number of rotatable bonds is 6. The number of aromatic nitrogens is 1. The minimum atomic E-state index is -3.68. The summed E-state index contributed by atoms with van der Waals surface area (Å²) in [5.74, 6) is -0.0625. The van der Waals surface area contributed by atoms with Crippen LogP contribution >= 0.6 is 22.9 Å². The van der Waals surface area contributed by atoms with E-state index in [-0.39, 0.29) is 23.9 Å². The zero-order chi connectivity index (χ0) is 23.7. The molecule has 1 fully saturated rings. The zero-order valence-electron chi connectivity index (χ0n) is 18.1. The first kappa shape index (κ1) is 23.0. The van der Waals surface area contributed by atoms with Crippen LogP contribution in [0.1, 0.15) is 18.6 Å². The standard InChI is InChI=1S/C24H22ClN3O4S2/c25-20-11-4-12-21-22(20)26-24(33-21)28(16-18-8-6-14-32-18)23(29)17-7-5-13-27(15-17)34(30,31)19-9-2-1-3-10-19/h1-4,6,8-12,14,17H,5,7,13,15-16H2. The van der Waals surface area contributed by atoms with E-state index in [4.69, 9.17) is 16.0 Å². The Bertz CT molecular complexity index is 1400. The predicted molar refractivity (Wildman–Crippen MR) is 132 cm³/mol. The van der Waals surface area contributed by atoms with Crippen molar-refractivity contribution in [3.63, 3.8) is 0 Å². The number of furan rings is 1. The molecule has 10 heteroatoms. The highest BCUT2D eigenvalue weighted by Crippen LogP contribution is 2.35. The van der Waals surface area contributed by atoms with Crippen molar-refractivity contribution < 1.29 is 17.6 Å². The van der Waals surface area contributed by atoms with Crippen LogP contribution in [0.5, 0.6) is 0 Å². The number of halogens is 1. The van der Waals surface area contributed by atoms with Gasteiger partial charge >= 0.3 is 0 Å². The average Bonchev–Trinajstić information content (AvgIpc) is 3.53. The third-order valence-electron chi connectivity index (χ3n) is 5.86. The van der Waals surface area contributed by atoms with Crippen LogP contribution in [0.25, 0.3) is 10.2 Å². The van der Waals surface area contributed by atoms with E-state index in [0.717, 1.165) is 4.70 Å². The molecular formula is C24H22ClN3O4S2. The van der Waals surface area contributed by atoms with E-state index in [2.05, 4.69) is 4.98 Å². The number of hydrogen-bond donors (Lipinski definition) is 0. The van der Waals surface area contributed by atoms with Crippen LogP contribution < -0.4 is 4.90 Å². The minimum absolute atomic E-state index is 0.121. The highest BCUT2D eigenvalue weighted by Gasteiger charge is 2.36. The third kappa shape index (κ3) is 4.48. The first-order chi connectivity index (χ1) is 16.4. The molecule has 1 saturated heterocycles. The molecule has 34 heavy (non-hydrogen) atoms. The van der Waals surface area contributed by atoms with E-state index >= 15 is 0 Å². The quantitative estimate of drug-likeness (QED) is 0.353. The lowest BCUT2D eigenvalue weighted by Gasteiger charge is -2.33. The molecule has 1 aliphatic heterocycles. The molecule has 0 saturated carbocycles. The highest BCUT2D eigenvalue weighted by molar-refractivity contribution is 7.89. The molecule has 0 N–H and O–H groups in total. The van der Waals surface area contributed by atoms with E-state index in [1.54, 1.807) is 59.7 Å². The molecule has 1 atom stereocenters. The summed E-state index contributed by atoms with van der Waals surface area (Å²) in [7, 11) is -3.68. The van der Waals surface area contributed by atoms with Crippen molar-refractivity contribution >= 4 is 54.2 Å². The summed E-state index contributed by atoms with van der Waals surface area (Å²) in [6.45, 7) is 0.706. The number of thiazole rings is 1. The van der Waals surface area contributed by atoms with Crippen LogP contribution in [0.2, 0.25) is 5.02 Å². The fraction of sp³-hybridized carbons (Fsp3) is 0.250. The molecule has 4 aromatic rings. The van der Waals surface area contributed by atoms with Gasteiger partial charge in [-0.05, 0) is 49.2 Å². The van der Waals surface area contributed by atoms with Crippen LogP contribution in [0.3, 0.4) is 0 Å². The van der Waals surface area contributed by atoms with Crippen LogP contribution in [0, 0.1) is 5.92 Å². The van der Waals surface area contributed by atoms with Crippen LogP contribution in [0.15, 0.2) is 76.2 Å². The Morgan fingerprint density at radius 2 is 1.97 bits per heavy atom. The number of amides is 1. The van der Waals surface area contributed by atoms with E-state index in [9.17, 15) is 13.2 Å². The number of hydrogen-bond acceptors (Lipinski definition) is 6. The Labute approximate surface area is 206 Å². The monoisotopic (exact) mass is 515 g/mol. The SMILES string of the molecule is O=C(C1CCCN(S(=O)(=O)c2ccccc2)C1)N(Cc1ccco1)c1nc2c(Cl)cccc2s1. The van der Waals surface area contributed by atoms with Crippen LogP contribution in [0.4, 0.5) is 5.13 Å². The van der Waals surface area contributed by atoms with Gasteiger partial charge in [0.1, 0.15) is 11.3 Å². The van der Waals surface area contributed by atoms with E-state index in [1.165, 1.54) is 15.6 Å². The van der Waals surface area contributed by atoms with E-state index < -0.39 is 15.9 Å². The summed E-state index contributed by atoms with van der Waals surface area (Å²) in [6, 6.07) is 17.4. The van der Waals surface area contributed by atoms with Crippen molar-refractivity contribution in [3.05, 3.63) is 77.7 Å². The maximum Gasteiger partial charge on any atom is 0.243 e. The fourth-order valence-corrected chi connectivity index (χ4v) is 6.96. The van der Waals surface area contributed by atoms with Crippen molar-refractivity contribution in [1.29, 1.82) is 0 Å². The van der Waals surface area contributed by atoms with Crippen molar-refractivity contribution in [3.8, 4) is 0 Å². The maximum absolute atomic E-state index is 13.8. The van der Waals surface area contributed by atoms with Crippen molar-refractivity contribution in [2.75, 3.05) is 18.0 Å². The summed E-state index contributed by atoms with van der Waals surface area (Å²) in [4.78, 5) is 20.3. The van der Waals surface area contributed by atoms with E-state index in [1.807, 2.05) is 12.1 Å². The Morgan fingerprint density at radius 3 is 2.71 bits per heavy atom. The van der Waals surface area contributed by atoms with Gasteiger partial charge in [0, 0.05) is 13.1 Å². The number of fused-ring (bicyclic) bond motifs is 1. The van der Waals surface area contributed by atoms with Gasteiger partial charge in [0.05, 0.1) is 33.3 Å². The van der Waals surface area contributed by atoms with Gasteiger partial charge in [0.2, 0.25) is 15.9 Å². The van der Waals surface area contributed by atoms with Crippen LogP contribution in [-0.4, -0.2) is 36.7 Å². The molecule has 7 nitrogen and oxygen atoms in total. The van der Waals surface area contributed by atoms with Gasteiger partial charge < -0.3 is 4.42 Å². The lowest BCUT2D eigenvalue weighted by Crippen LogP contribution is -2.46. The van der Waals surface area contributed by atoms with Crippen molar-refractivity contribution in [1.82, 2.24) is 9.29 Å². The van der Waals surface area contributed by atoms with Crippen molar-refractivity contribution in [2.24, 2.45) is 5.92 Å². The smallest absolute Gasteiger partial charge is 0.243 e. The molecule has 1 aliphatic rings. The molecule has 0 aliphatic carbocycles. The summed E-state index contributed by atoms with van der Waals surface area (Å²) >= 11 is 7.70. The molecule has 0 spiro atoms. The number of carbonyl (C=O) groups is 1. The second-order valence-corrected chi connectivity index (χ2v) is 11.5. The summed E-state index contributed by atoms with van der Waals surface area (Å²) < 4.78 is 34.1. The minimum Gasteiger partial charge on any atom is -0.467 e. The Kier molecular flexibility index (Phi) is 6.44. The summed E-state index contributed by atoms with van der Waals surface area (Å²) in [5.41, 5.74) is 0.637. The molecule has 2 aromatic heterocycles. The van der Waals surface area contributed by atoms with Gasteiger partial charge in [-0.1, -0.05) is 47.2 Å². The van der Waals surface area contributed by atoms with Gasteiger partial charge in [-0.3, -0.25) is 9.69 Å². The fourth-order valence-electron chi connectivity index (χ4n) is 4.14. The number of sulfonamides is 1. The molecule has 5 rings (SSSR count). The topological polar surface area (TPSA) is 83.7 Å². The molecule has 2 aromatic carbocycles. The summed E-state index contributed by atoms with van der Waals surface area (Å²) in [6.07, 6.45) is 2.75. The number of para-hydroxylation sites is 1. The number of carbonyl (C=O) groups excluding carboxylic acids is 1. The number of nitrogens with zero attached hydrogens (tertiary/aromatic N) is 3. The molecular weight excluding hydrogens is 494 g/mol. The first-order valence-corrected chi connectivity index (χ1v) is 13.5. The molecule has 1 amide bonds. The summed E-state index contributed by atoms with van der Waals surface area (Å²) in [5, 5.41) is 1.02. The average molecular weight is 516 g/mol. The maximum atomic E-state index is 13.8. The lowest BCUT2D eigenvalue weighted by atomic mass is 9.98. The third-order valence-corrected chi connectivity index (χ3v) is 9.09. The zero-order valence-corrected chi connectivity index (χ0v) is 20.5. The van der Waals surface area contributed by atoms with Gasteiger partial charge in [0.15, 0.2) is 5.13 Å². The Hall–Kier alpha value is -2.72. The second kappa shape index (κ2) is 9.50. The first-order valence-electron chi connectivity index (χ1n) is 10.9. The number of piperidine rings is 1. The number of anilines is 1. The Morgan fingerprint density at radius 1 is 1.15 bits per heavy atom. The highest BCUT2D eigenvalue weighted by atomic mass is 35.5. The molecule has 3 heterocycles. The molecule has 176 valence electrons. The van der Waals surface area contributed by atoms with Gasteiger partial charge in [0.25, 0.3) is 0 Å². The van der Waals surface area contributed by atoms with Crippen LogP contribution in [-0.2, 0) is 21.4 Å². The van der Waals surface area contributed by atoms with Gasteiger partial charge in [-0.15, -0.1) is 0 Å². The number of benzene rings is 2.